The molecule has 0 amide bonds. The molecule has 0 aliphatic carbocycles. The number of halogens is 2. The Morgan fingerprint density at radius 1 is 1.50 bits per heavy atom. The normalized spacial score (nSPS) is 8.58. The summed E-state index contributed by atoms with van der Waals surface area (Å²) in [6.45, 7) is 0. The highest BCUT2D eigenvalue weighted by molar-refractivity contribution is 8.93. The summed E-state index contributed by atoms with van der Waals surface area (Å²) in [5.41, 5.74) is 3.21. The van der Waals surface area contributed by atoms with Crippen LogP contribution in [0.4, 0.5) is 5.69 Å². The molecule has 1 aromatic carbocycles. The maximum absolute atomic E-state index is 5.70. The summed E-state index contributed by atoms with van der Waals surface area (Å²) in [5, 5.41) is 0.626. The SMILES string of the molecule is Br.COc1cc(Cl)ccc1NN. The van der Waals surface area contributed by atoms with Crippen molar-refractivity contribution in [3.63, 3.8) is 0 Å². The van der Waals surface area contributed by atoms with Crippen LogP contribution in [0.25, 0.3) is 0 Å². The van der Waals surface area contributed by atoms with Gasteiger partial charge in [0.05, 0.1) is 12.8 Å². The summed E-state index contributed by atoms with van der Waals surface area (Å²) in [4.78, 5) is 0. The van der Waals surface area contributed by atoms with Crippen LogP contribution in [0.2, 0.25) is 5.02 Å². The molecule has 0 saturated carbocycles. The Labute approximate surface area is 86.6 Å². The summed E-state index contributed by atoms with van der Waals surface area (Å²) in [5.74, 6) is 5.84. The van der Waals surface area contributed by atoms with Gasteiger partial charge in [-0.05, 0) is 12.1 Å². The van der Waals surface area contributed by atoms with Gasteiger partial charge in [0.25, 0.3) is 0 Å². The van der Waals surface area contributed by atoms with E-state index in [-0.39, 0.29) is 17.0 Å². The van der Waals surface area contributed by atoms with Crippen molar-refractivity contribution in [2.24, 2.45) is 5.84 Å². The zero-order valence-electron chi connectivity index (χ0n) is 6.50. The number of hydrogen-bond acceptors (Lipinski definition) is 3. The van der Waals surface area contributed by atoms with Gasteiger partial charge < -0.3 is 10.2 Å². The highest BCUT2D eigenvalue weighted by Gasteiger charge is 2.00. The predicted molar refractivity (Wildman–Crippen MR) is 56.1 cm³/mol. The minimum Gasteiger partial charge on any atom is -0.494 e. The Kier molecular flexibility index (Phi) is 5.04. The van der Waals surface area contributed by atoms with Crippen LogP contribution in [-0.4, -0.2) is 7.11 Å². The number of hydrogen-bond donors (Lipinski definition) is 2. The smallest absolute Gasteiger partial charge is 0.144 e. The van der Waals surface area contributed by atoms with Gasteiger partial charge in [-0.25, -0.2) is 0 Å². The number of nitrogen functional groups attached to an aromatic ring is 1. The summed E-state index contributed by atoms with van der Waals surface area (Å²) in [6, 6.07) is 5.18. The van der Waals surface area contributed by atoms with Crippen LogP contribution in [0.3, 0.4) is 0 Å². The number of hydrazine groups is 1. The lowest BCUT2D eigenvalue weighted by Gasteiger charge is -2.06. The summed E-state index contributed by atoms with van der Waals surface area (Å²) in [6.07, 6.45) is 0. The zero-order valence-corrected chi connectivity index (χ0v) is 8.97. The molecule has 0 aromatic heterocycles. The highest BCUT2D eigenvalue weighted by Crippen LogP contribution is 2.26. The second kappa shape index (κ2) is 5.24. The van der Waals surface area contributed by atoms with E-state index in [2.05, 4.69) is 5.43 Å². The van der Waals surface area contributed by atoms with Gasteiger partial charge in [0.15, 0.2) is 0 Å². The average molecular weight is 254 g/mol. The lowest BCUT2D eigenvalue weighted by atomic mass is 10.3. The fourth-order valence-corrected chi connectivity index (χ4v) is 0.946. The minimum absolute atomic E-state index is 0. The Bertz CT molecular complexity index is 257. The predicted octanol–water partition coefficient (Wildman–Crippen LogP) is 2.21. The number of methoxy groups -OCH3 is 1. The van der Waals surface area contributed by atoms with E-state index in [0.29, 0.717) is 10.8 Å². The Morgan fingerprint density at radius 2 is 2.17 bits per heavy atom. The minimum atomic E-state index is 0. The van der Waals surface area contributed by atoms with Gasteiger partial charge in [0.1, 0.15) is 5.75 Å². The number of nitrogens with two attached hydrogens (primary N) is 1. The van der Waals surface area contributed by atoms with Gasteiger partial charge in [-0.1, -0.05) is 11.6 Å². The van der Waals surface area contributed by atoms with Crippen molar-refractivity contribution in [2.45, 2.75) is 0 Å². The van der Waals surface area contributed by atoms with Gasteiger partial charge in [-0.15, -0.1) is 17.0 Å². The molecule has 0 fully saturated rings. The highest BCUT2D eigenvalue weighted by atomic mass is 79.9. The second-order valence-corrected chi connectivity index (χ2v) is 2.43. The monoisotopic (exact) mass is 252 g/mol. The fourth-order valence-electron chi connectivity index (χ4n) is 0.784. The van der Waals surface area contributed by atoms with Crippen molar-refractivity contribution >= 4 is 34.3 Å². The summed E-state index contributed by atoms with van der Waals surface area (Å²) < 4.78 is 4.99. The third kappa shape index (κ3) is 2.55. The van der Waals surface area contributed by atoms with Crippen molar-refractivity contribution in [2.75, 3.05) is 12.5 Å². The molecule has 0 heterocycles. The lowest BCUT2D eigenvalue weighted by molar-refractivity contribution is 0.416. The first-order valence-electron chi connectivity index (χ1n) is 3.08. The summed E-state index contributed by atoms with van der Waals surface area (Å²) >= 11 is 5.70. The lowest BCUT2D eigenvalue weighted by Crippen LogP contribution is -2.07. The van der Waals surface area contributed by atoms with Gasteiger partial charge in [0.2, 0.25) is 0 Å². The molecule has 68 valence electrons. The molecule has 3 nitrogen and oxygen atoms in total. The molecule has 3 N–H and O–H groups in total. The molecule has 0 atom stereocenters. The molecule has 5 heteroatoms. The van der Waals surface area contributed by atoms with Gasteiger partial charge in [-0.2, -0.15) is 0 Å². The second-order valence-electron chi connectivity index (χ2n) is 1.99. The molecule has 0 aliphatic heterocycles. The van der Waals surface area contributed by atoms with E-state index in [4.69, 9.17) is 22.2 Å². The molecule has 0 radical (unpaired) electrons. The topological polar surface area (TPSA) is 47.3 Å². The molecule has 0 bridgehead atoms. The fraction of sp³-hybridized carbons (Fsp3) is 0.143. The first-order chi connectivity index (χ1) is 5.27. The van der Waals surface area contributed by atoms with Gasteiger partial charge in [-0.3, -0.25) is 5.84 Å². The Balaban J connectivity index is 0.00000121. The summed E-state index contributed by atoms with van der Waals surface area (Å²) in [7, 11) is 1.56. The van der Waals surface area contributed by atoms with Crippen molar-refractivity contribution in [1.82, 2.24) is 0 Å². The molecular formula is C7H10BrClN2O. The first-order valence-corrected chi connectivity index (χ1v) is 3.46. The van der Waals surface area contributed by atoms with E-state index < -0.39 is 0 Å². The van der Waals surface area contributed by atoms with E-state index in [1.165, 1.54) is 0 Å². The maximum atomic E-state index is 5.70. The van der Waals surface area contributed by atoms with E-state index >= 15 is 0 Å². The van der Waals surface area contributed by atoms with Crippen molar-refractivity contribution in [3.05, 3.63) is 23.2 Å². The van der Waals surface area contributed by atoms with E-state index in [9.17, 15) is 0 Å². The number of ether oxygens (including phenoxy) is 1. The number of rotatable bonds is 2. The van der Waals surface area contributed by atoms with E-state index in [0.717, 1.165) is 5.69 Å². The van der Waals surface area contributed by atoms with Crippen LogP contribution in [-0.2, 0) is 0 Å². The molecule has 0 spiro atoms. The molecule has 1 aromatic rings. The molecule has 12 heavy (non-hydrogen) atoms. The third-order valence-corrected chi connectivity index (χ3v) is 1.55. The zero-order chi connectivity index (χ0) is 8.27. The maximum Gasteiger partial charge on any atom is 0.144 e. The van der Waals surface area contributed by atoms with Crippen LogP contribution in [0, 0.1) is 0 Å². The van der Waals surface area contributed by atoms with Crippen LogP contribution in [0.15, 0.2) is 18.2 Å². The Hall–Kier alpha value is -0.450. The van der Waals surface area contributed by atoms with E-state index in [1.54, 1.807) is 25.3 Å². The largest absolute Gasteiger partial charge is 0.494 e. The van der Waals surface area contributed by atoms with Crippen LogP contribution in [0.5, 0.6) is 5.75 Å². The molecule has 0 saturated heterocycles. The molecular weight excluding hydrogens is 243 g/mol. The van der Waals surface area contributed by atoms with Crippen molar-refractivity contribution < 1.29 is 4.74 Å². The number of benzene rings is 1. The van der Waals surface area contributed by atoms with Gasteiger partial charge >= 0.3 is 0 Å². The number of nitrogens with one attached hydrogen (secondary N) is 1. The Morgan fingerprint density at radius 3 is 2.67 bits per heavy atom. The standard InChI is InChI=1S/C7H9ClN2O.BrH/c1-11-7-4-5(8)2-3-6(7)10-9;/h2-4,10H,9H2,1H3;1H. The van der Waals surface area contributed by atoms with Crippen LogP contribution in [0.1, 0.15) is 0 Å². The van der Waals surface area contributed by atoms with E-state index in [1.807, 2.05) is 0 Å². The number of anilines is 1. The van der Waals surface area contributed by atoms with Crippen LogP contribution < -0.4 is 16.0 Å². The average Bonchev–Trinajstić information content (AvgIpc) is 2.04. The van der Waals surface area contributed by atoms with Gasteiger partial charge in [0, 0.05) is 11.1 Å². The molecule has 0 unspecified atom stereocenters. The van der Waals surface area contributed by atoms with Crippen molar-refractivity contribution in [3.8, 4) is 5.75 Å². The third-order valence-electron chi connectivity index (χ3n) is 1.32. The quantitative estimate of drug-likeness (QED) is 0.627. The molecule has 1 rings (SSSR count). The van der Waals surface area contributed by atoms with Crippen LogP contribution >= 0.6 is 28.6 Å². The first kappa shape index (κ1) is 11.6. The molecule has 0 aliphatic rings. The van der Waals surface area contributed by atoms with Crippen molar-refractivity contribution in [1.29, 1.82) is 0 Å².